The monoisotopic (exact) mass is 286 g/mol. The van der Waals surface area contributed by atoms with Gasteiger partial charge >= 0.3 is 0 Å². The summed E-state index contributed by atoms with van der Waals surface area (Å²) < 4.78 is 16.6. The van der Waals surface area contributed by atoms with Crippen LogP contribution >= 0.6 is 0 Å². The highest BCUT2D eigenvalue weighted by atomic mass is 32.2. The van der Waals surface area contributed by atoms with E-state index in [-0.39, 0.29) is 0 Å². The van der Waals surface area contributed by atoms with E-state index in [2.05, 4.69) is 20.6 Å². The Morgan fingerprint density at radius 3 is 2.68 bits per heavy atom. The van der Waals surface area contributed by atoms with Gasteiger partial charge in [0, 0.05) is 48.6 Å². The molecule has 0 bridgehead atoms. The number of ether oxygens (including phenoxy) is 1. The lowest BCUT2D eigenvalue weighted by molar-refractivity contribution is 0.128. The summed E-state index contributed by atoms with van der Waals surface area (Å²) in [5, 5.41) is 6.15. The first-order valence-electron chi connectivity index (χ1n) is 6.41. The zero-order valence-electron chi connectivity index (χ0n) is 11.7. The molecule has 0 aromatic carbocycles. The summed E-state index contributed by atoms with van der Waals surface area (Å²) in [6.07, 6.45) is 0. The van der Waals surface area contributed by atoms with Crippen LogP contribution in [0.25, 0.3) is 0 Å². The maximum Gasteiger partial charge on any atom is 0.158 e. The second-order valence-corrected chi connectivity index (χ2v) is 5.67. The Labute approximate surface area is 116 Å². The fourth-order valence-electron chi connectivity index (χ4n) is 1.41. The minimum absolute atomic E-state index is 0.390. The molecule has 0 saturated heterocycles. The molecule has 0 spiro atoms. The predicted octanol–water partition coefficient (Wildman–Crippen LogP) is 1.24. The van der Waals surface area contributed by atoms with Crippen molar-refractivity contribution >= 4 is 22.4 Å². The summed E-state index contributed by atoms with van der Waals surface area (Å²) >= 11 is 0. The number of rotatable bonds is 9. The van der Waals surface area contributed by atoms with E-state index in [1.54, 1.807) is 0 Å². The number of anilines is 2. The molecule has 6 nitrogen and oxygen atoms in total. The van der Waals surface area contributed by atoms with Crippen LogP contribution in [-0.4, -0.2) is 45.9 Å². The molecular weight excluding hydrogens is 264 g/mol. The molecule has 1 atom stereocenters. The van der Waals surface area contributed by atoms with Crippen molar-refractivity contribution in [1.82, 2.24) is 9.97 Å². The van der Waals surface area contributed by atoms with Crippen molar-refractivity contribution in [2.45, 2.75) is 20.5 Å². The third-order valence-corrected chi connectivity index (χ3v) is 3.73. The average molecular weight is 286 g/mol. The predicted molar refractivity (Wildman–Crippen MR) is 78.9 cm³/mol. The van der Waals surface area contributed by atoms with E-state index in [4.69, 9.17) is 4.74 Å². The minimum Gasteiger partial charge on any atom is -0.374 e. The Balaban J connectivity index is 2.62. The van der Waals surface area contributed by atoms with E-state index < -0.39 is 10.8 Å². The summed E-state index contributed by atoms with van der Waals surface area (Å²) in [5.41, 5.74) is 0. The van der Waals surface area contributed by atoms with E-state index in [1.807, 2.05) is 27.0 Å². The lowest BCUT2D eigenvalue weighted by atomic mass is 10.4. The second-order valence-electron chi connectivity index (χ2n) is 3.80. The first-order valence-corrected chi connectivity index (χ1v) is 7.90. The zero-order valence-corrected chi connectivity index (χ0v) is 12.5. The van der Waals surface area contributed by atoms with E-state index in [9.17, 15) is 4.21 Å². The molecule has 1 heterocycles. The lowest BCUT2D eigenvalue weighted by Crippen LogP contribution is -2.14. The Morgan fingerprint density at radius 1 is 1.32 bits per heavy atom. The van der Waals surface area contributed by atoms with E-state index in [0.717, 1.165) is 11.6 Å². The van der Waals surface area contributed by atoms with Crippen LogP contribution in [0.5, 0.6) is 0 Å². The maximum atomic E-state index is 11.3. The molecule has 2 N–H and O–H groups in total. The van der Waals surface area contributed by atoms with Gasteiger partial charge in [0.25, 0.3) is 0 Å². The van der Waals surface area contributed by atoms with E-state index >= 15 is 0 Å². The number of nitrogens with zero attached hydrogens (tertiary/aromatic N) is 2. The van der Waals surface area contributed by atoms with Crippen LogP contribution in [0.4, 0.5) is 11.6 Å². The van der Waals surface area contributed by atoms with Gasteiger partial charge in [-0.3, -0.25) is 4.21 Å². The Hall–Kier alpha value is -1.21. The topological polar surface area (TPSA) is 76.1 Å². The number of hydrogen-bond acceptors (Lipinski definition) is 6. The normalized spacial score (nSPS) is 12.2. The molecule has 0 saturated carbocycles. The zero-order chi connectivity index (χ0) is 14.1. The van der Waals surface area contributed by atoms with Crippen LogP contribution in [-0.2, 0) is 22.1 Å². The third-order valence-electron chi connectivity index (χ3n) is 2.42. The maximum absolute atomic E-state index is 11.3. The Bertz CT molecular complexity index is 415. The summed E-state index contributed by atoms with van der Waals surface area (Å²) in [6.45, 7) is 5.50. The van der Waals surface area contributed by atoms with Gasteiger partial charge in [-0.15, -0.1) is 0 Å². The van der Waals surface area contributed by atoms with E-state index in [1.165, 1.54) is 0 Å². The third kappa shape index (κ3) is 5.98. The lowest BCUT2D eigenvalue weighted by Gasteiger charge is -2.09. The van der Waals surface area contributed by atoms with Crippen molar-refractivity contribution in [1.29, 1.82) is 0 Å². The first-order chi connectivity index (χ1) is 9.19. The van der Waals surface area contributed by atoms with Gasteiger partial charge in [0.15, 0.2) is 5.82 Å². The summed E-state index contributed by atoms with van der Waals surface area (Å²) in [7, 11) is 1.04. The highest BCUT2D eigenvalue weighted by Crippen LogP contribution is 2.11. The second kappa shape index (κ2) is 8.82. The van der Waals surface area contributed by atoms with Crippen LogP contribution in [0.15, 0.2) is 6.07 Å². The fraction of sp³-hybridized carbons (Fsp3) is 0.667. The highest BCUT2D eigenvalue weighted by molar-refractivity contribution is 7.84. The summed E-state index contributed by atoms with van der Waals surface area (Å²) in [4.78, 5) is 8.66. The van der Waals surface area contributed by atoms with Gasteiger partial charge in [-0.1, -0.05) is 6.92 Å². The van der Waals surface area contributed by atoms with Crippen LogP contribution in [0.2, 0.25) is 0 Å². The highest BCUT2D eigenvalue weighted by Gasteiger charge is 2.04. The summed E-state index contributed by atoms with van der Waals surface area (Å²) in [5.74, 6) is 3.40. The SMILES string of the molecule is CCOCc1nc(NC)cc(NCCS(=O)CC)n1. The average Bonchev–Trinajstić information content (AvgIpc) is 2.44. The number of nitrogens with one attached hydrogen (secondary N) is 2. The number of hydrogen-bond donors (Lipinski definition) is 2. The van der Waals surface area contributed by atoms with Gasteiger partial charge in [-0.25, -0.2) is 9.97 Å². The molecule has 0 amide bonds. The molecule has 19 heavy (non-hydrogen) atoms. The van der Waals surface area contributed by atoms with Gasteiger partial charge in [0.2, 0.25) is 0 Å². The molecule has 1 aromatic rings. The Kier molecular flexibility index (Phi) is 7.35. The van der Waals surface area contributed by atoms with Gasteiger partial charge in [0.05, 0.1) is 0 Å². The van der Waals surface area contributed by atoms with Crippen LogP contribution in [0.3, 0.4) is 0 Å². The van der Waals surface area contributed by atoms with Crippen molar-refractivity contribution in [3.63, 3.8) is 0 Å². The van der Waals surface area contributed by atoms with Crippen molar-refractivity contribution in [2.24, 2.45) is 0 Å². The van der Waals surface area contributed by atoms with Crippen molar-refractivity contribution in [2.75, 3.05) is 42.3 Å². The minimum atomic E-state index is -0.764. The molecule has 1 rings (SSSR count). The van der Waals surface area contributed by atoms with Gasteiger partial charge < -0.3 is 15.4 Å². The largest absolute Gasteiger partial charge is 0.374 e. The molecule has 7 heteroatoms. The summed E-state index contributed by atoms with van der Waals surface area (Å²) in [6, 6.07) is 1.82. The fourth-order valence-corrected chi connectivity index (χ4v) is 2.03. The molecule has 1 aromatic heterocycles. The van der Waals surface area contributed by atoms with Crippen LogP contribution in [0.1, 0.15) is 19.7 Å². The van der Waals surface area contributed by atoms with Crippen molar-refractivity contribution in [3.05, 3.63) is 11.9 Å². The van der Waals surface area contributed by atoms with Gasteiger partial charge in [-0.2, -0.15) is 0 Å². The molecule has 1 unspecified atom stereocenters. The molecule has 0 aliphatic rings. The Morgan fingerprint density at radius 2 is 2.05 bits per heavy atom. The quantitative estimate of drug-likeness (QED) is 0.711. The molecule has 0 aliphatic heterocycles. The smallest absolute Gasteiger partial charge is 0.158 e. The van der Waals surface area contributed by atoms with Crippen LogP contribution in [0, 0.1) is 0 Å². The van der Waals surface area contributed by atoms with Crippen molar-refractivity contribution in [3.8, 4) is 0 Å². The molecule has 108 valence electrons. The van der Waals surface area contributed by atoms with Gasteiger partial charge in [-0.05, 0) is 6.92 Å². The molecule has 0 radical (unpaired) electrons. The van der Waals surface area contributed by atoms with Crippen LogP contribution < -0.4 is 10.6 Å². The number of aromatic nitrogens is 2. The molecular formula is C12H22N4O2S. The molecule has 0 fully saturated rings. The van der Waals surface area contributed by atoms with Crippen molar-refractivity contribution < 1.29 is 8.95 Å². The first kappa shape index (κ1) is 15.8. The van der Waals surface area contributed by atoms with E-state index in [0.29, 0.717) is 37.1 Å². The van der Waals surface area contributed by atoms with Gasteiger partial charge in [0.1, 0.15) is 18.2 Å². The molecule has 0 aliphatic carbocycles. The standard InChI is InChI=1S/C12H22N4O2S/c1-4-18-9-12-15-10(13-3)8-11(16-12)14-6-7-19(17)5-2/h8H,4-7,9H2,1-3H3,(H2,13,14,15,16).